The molecular weight excluding hydrogens is 583 g/mol. The molecule has 0 saturated carbocycles. The van der Waals surface area contributed by atoms with Gasteiger partial charge in [-0.05, 0) is 55.0 Å². The van der Waals surface area contributed by atoms with Crippen LogP contribution in [0.2, 0.25) is 0 Å². The molecule has 3 rings (SSSR count). The number of hydrogen-bond donors (Lipinski definition) is 4. The van der Waals surface area contributed by atoms with E-state index in [1.54, 1.807) is 41.6 Å². The first-order valence-electron chi connectivity index (χ1n) is 11.1. The first-order valence-corrected chi connectivity index (χ1v) is 12.4. The zero-order valence-corrected chi connectivity index (χ0v) is 22.2. The molecule has 0 amide bonds. The van der Waals surface area contributed by atoms with Crippen molar-refractivity contribution in [3.63, 3.8) is 0 Å². The van der Waals surface area contributed by atoms with Crippen LogP contribution in [0, 0.1) is 6.92 Å². The van der Waals surface area contributed by atoms with Crippen LogP contribution >= 0.6 is 22.6 Å². The molecule has 1 heterocycles. The number of rotatable bonds is 10. The Bertz CT molecular complexity index is 1230. The maximum Gasteiger partial charge on any atom is 0.303 e. The molecule has 11 heteroatoms. The number of aliphatic hydroxyl groups is 3. The van der Waals surface area contributed by atoms with E-state index in [0.717, 1.165) is 23.5 Å². The summed E-state index contributed by atoms with van der Waals surface area (Å²) < 4.78 is 16.8. The van der Waals surface area contributed by atoms with Crippen molar-refractivity contribution in [1.82, 2.24) is 4.57 Å². The second-order valence-electron chi connectivity index (χ2n) is 8.34. The predicted molar refractivity (Wildman–Crippen MR) is 141 cm³/mol. The number of carbonyl (C=O) groups is 2. The van der Waals surface area contributed by atoms with Gasteiger partial charge >= 0.3 is 11.9 Å². The molecule has 194 valence electrons. The zero-order valence-electron chi connectivity index (χ0n) is 20.0. The summed E-state index contributed by atoms with van der Waals surface area (Å²) in [5.74, 6) is -1.04. The Balaban J connectivity index is 1.78. The number of benzene rings is 2. The third-order valence-corrected chi connectivity index (χ3v) is 6.58. The van der Waals surface area contributed by atoms with Gasteiger partial charge in [0.2, 0.25) is 6.29 Å². The van der Waals surface area contributed by atoms with E-state index < -0.39 is 40.5 Å². The summed E-state index contributed by atoms with van der Waals surface area (Å²) in [7, 11) is 0. The standard InChI is InChI=1S/C25H29IN2O8/c1-13-10-18(28-9-8-16-11-17(27)4-6-20(16)28)5-7-21(13)36-25(33)24(35-15(3)30)23(32)22(31)19(26)12-34-14(2)29/h4-11,19,22-25,31-33H,12,27H2,1-3H3/t19?,22-,23?,24?,25-/m1/s1. The van der Waals surface area contributed by atoms with Crippen molar-refractivity contribution in [3.05, 3.63) is 54.2 Å². The summed E-state index contributed by atoms with van der Waals surface area (Å²) in [5.41, 5.74) is 9.02. The molecule has 0 bridgehead atoms. The first-order chi connectivity index (χ1) is 17.0. The molecule has 3 aromatic rings. The predicted octanol–water partition coefficient (Wildman–Crippen LogP) is 2.24. The Morgan fingerprint density at radius 1 is 1.03 bits per heavy atom. The molecule has 0 saturated heterocycles. The van der Waals surface area contributed by atoms with E-state index in [2.05, 4.69) is 0 Å². The molecule has 10 nitrogen and oxygen atoms in total. The second kappa shape index (κ2) is 11.9. The van der Waals surface area contributed by atoms with E-state index in [1.165, 1.54) is 6.92 Å². The Hall–Kier alpha value is -2.87. The van der Waals surface area contributed by atoms with Gasteiger partial charge in [0.25, 0.3) is 0 Å². The van der Waals surface area contributed by atoms with Gasteiger partial charge in [-0.25, -0.2) is 0 Å². The lowest BCUT2D eigenvalue weighted by atomic mass is 10.0. The highest BCUT2D eigenvalue weighted by molar-refractivity contribution is 14.1. The summed E-state index contributed by atoms with van der Waals surface area (Å²) >= 11 is 1.79. The number of esters is 2. The summed E-state index contributed by atoms with van der Waals surface area (Å²) in [6.07, 6.45) is -4.70. The number of aliphatic hydroxyl groups excluding tert-OH is 3. The van der Waals surface area contributed by atoms with E-state index >= 15 is 0 Å². The molecular formula is C25H29IN2O8. The maximum atomic E-state index is 11.6. The number of nitrogens with two attached hydrogens (primary N) is 1. The average molecular weight is 612 g/mol. The van der Waals surface area contributed by atoms with Crippen molar-refractivity contribution in [2.45, 2.75) is 49.3 Å². The highest BCUT2D eigenvalue weighted by Crippen LogP contribution is 2.28. The Labute approximate surface area is 221 Å². The molecule has 1 aromatic heterocycles. The van der Waals surface area contributed by atoms with Gasteiger partial charge in [-0.15, -0.1) is 0 Å². The fourth-order valence-electron chi connectivity index (χ4n) is 3.69. The zero-order chi connectivity index (χ0) is 26.6. The number of fused-ring (bicyclic) bond motifs is 1. The monoisotopic (exact) mass is 612 g/mol. The highest BCUT2D eigenvalue weighted by Gasteiger charge is 2.39. The van der Waals surface area contributed by atoms with Crippen molar-refractivity contribution in [2.24, 2.45) is 0 Å². The van der Waals surface area contributed by atoms with Gasteiger partial charge in [-0.3, -0.25) is 9.59 Å². The van der Waals surface area contributed by atoms with Gasteiger partial charge < -0.3 is 39.8 Å². The lowest BCUT2D eigenvalue weighted by Crippen LogP contribution is -2.52. The molecule has 5 atom stereocenters. The van der Waals surface area contributed by atoms with Crippen molar-refractivity contribution < 1.29 is 39.1 Å². The maximum absolute atomic E-state index is 11.6. The number of anilines is 1. The molecule has 0 spiro atoms. The van der Waals surface area contributed by atoms with Gasteiger partial charge in [-0.2, -0.15) is 0 Å². The lowest BCUT2D eigenvalue weighted by molar-refractivity contribution is -0.195. The molecule has 0 aliphatic heterocycles. The van der Waals surface area contributed by atoms with E-state index in [0.29, 0.717) is 11.3 Å². The minimum Gasteiger partial charge on any atom is -0.465 e. The minimum atomic E-state index is -1.80. The van der Waals surface area contributed by atoms with Crippen molar-refractivity contribution in [1.29, 1.82) is 0 Å². The molecule has 2 aromatic carbocycles. The van der Waals surface area contributed by atoms with Crippen LogP contribution in [0.15, 0.2) is 48.7 Å². The SMILES string of the molecule is CC(=O)OCC(I)[C@@H](O)C(O)C(OC(C)=O)[C@H](O)Oc1ccc(-n2ccc3cc(N)ccc32)cc1C. The van der Waals surface area contributed by atoms with E-state index in [9.17, 15) is 24.9 Å². The van der Waals surface area contributed by atoms with Gasteiger partial charge in [0.05, 0.1) is 15.5 Å². The number of ether oxygens (including phenoxy) is 3. The number of carbonyl (C=O) groups excluding carboxylic acids is 2. The van der Waals surface area contributed by atoms with E-state index in [-0.39, 0.29) is 12.4 Å². The van der Waals surface area contributed by atoms with Crippen molar-refractivity contribution in [2.75, 3.05) is 12.3 Å². The van der Waals surface area contributed by atoms with Crippen LogP contribution in [0.5, 0.6) is 5.75 Å². The minimum absolute atomic E-state index is 0.181. The van der Waals surface area contributed by atoms with Gasteiger partial charge in [-0.1, -0.05) is 22.6 Å². The van der Waals surface area contributed by atoms with Crippen LogP contribution < -0.4 is 10.5 Å². The molecule has 0 aliphatic rings. The quantitative estimate of drug-likeness (QED) is 0.0888. The normalized spacial score (nSPS) is 15.5. The molecule has 3 unspecified atom stereocenters. The summed E-state index contributed by atoms with van der Waals surface area (Å²) in [5, 5.41) is 32.8. The van der Waals surface area contributed by atoms with Crippen LogP contribution in [0.4, 0.5) is 5.69 Å². The summed E-state index contributed by atoms with van der Waals surface area (Å²) in [4.78, 5) is 22.7. The van der Waals surface area contributed by atoms with Crippen LogP contribution in [0.3, 0.4) is 0 Å². The first kappa shape index (κ1) is 27.7. The Kier molecular flexibility index (Phi) is 9.17. The smallest absolute Gasteiger partial charge is 0.303 e. The fraction of sp³-hybridized carbons (Fsp3) is 0.360. The number of alkyl halides is 1. The Morgan fingerprint density at radius 3 is 2.39 bits per heavy atom. The topological polar surface area (TPSA) is 153 Å². The summed E-state index contributed by atoms with van der Waals surface area (Å²) in [6.45, 7) is 3.92. The number of hydrogen-bond acceptors (Lipinski definition) is 9. The molecule has 0 aliphatic carbocycles. The third kappa shape index (κ3) is 6.66. The lowest BCUT2D eigenvalue weighted by Gasteiger charge is -2.31. The molecule has 0 radical (unpaired) electrons. The number of aryl methyl sites for hydroxylation is 1. The number of halogens is 1. The Morgan fingerprint density at radius 2 is 1.75 bits per heavy atom. The molecule has 36 heavy (non-hydrogen) atoms. The third-order valence-electron chi connectivity index (χ3n) is 5.48. The van der Waals surface area contributed by atoms with Crippen LogP contribution in [0.1, 0.15) is 19.4 Å². The summed E-state index contributed by atoms with van der Waals surface area (Å²) in [6, 6.07) is 12.9. The van der Waals surface area contributed by atoms with Crippen molar-refractivity contribution >= 4 is 51.1 Å². The van der Waals surface area contributed by atoms with Gasteiger partial charge in [0.15, 0.2) is 6.10 Å². The molecule has 0 fully saturated rings. The number of nitrogens with zero attached hydrogens (tertiary/aromatic N) is 1. The molecule has 5 N–H and O–H groups in total. The average Bonchev–Trinajstić information content (AvgIpc) is 3.24. The van der Waals surface area contributed by atoms with E-state index in [4.69, 9.17) is 19.9 Å². The highest BCUT2D eigenvalue weighted by atomic mass is 127. The van der Waals surface area contributed by atoms with Gasteiger partial charge in [0.1, 0.15) is 18.5 Å². The van der Waals surface area contributed by atoms with Crippen LogP contribution in [0.25, 0.3) is 16.6 Å². The largest absolute Gasteiger partial charge is 0.465 e. The van der Waals surface area contributed by atoms with Crippen molar-refractivity contribution in [3.8, 4) is 11.4 Å². The fourth-order valence-corrected chi connectivity index (χ4v) is 4.30. The van der Waals surface area contributed by atoms with E-state index in [1.807, 2.05) is 41.1 Å². The number of nitrogen functional groups attached to an aromatic ring is 1. The van der Waals surface area contributed by atoms with Gasteiger partial charge in [0, 0.05) is 36.8 Å². The second-order valence-corrected chi connectivity index (χ2v) is 9.94. The number of aromatic nitrogens is 1. The van der Waals surface area contributed by atoms with Crippen LogP contribution in [-0.2, 0) is 19.1 Å². The van der Waals surface area contributed by atoms with Crippen LogP contribution in [-0.4, -0.2) is 67.0 Å².